The number of nitrogens with zero attached hydrogens (tertiary/aromatic N) is 2. The molecule has 1 saturated carbocycles. The number of H-pyrrole nitrogens is 1. The molecule has 1 aromatic heterocycles. The number of benzene rings is 1. The first kappa shape index (κ1) is 16.5. The largest absolute Gasteiger partial charge is 0.383 e. The van der Waals surface area contributed by atoms with Gasteiger partial charge in [0.05, 0.1) is 12.1 Å². The fourth-order valence-corrected chi connectivity index (χ4v) is 3.49. The van der Waals surface area contributed by atoms with Crippen molar-refractivity contribution in [1.29, 1.82) is 0 Å². The van der Waals surface area contributed by atoms with Crippen LogP contribution in [0.5, 0.6) is 0 Å². The van der Waals surface area contributed by atoms with Gasteiger partial charge in [0.25, 0.3) is 0 Å². The summed E-state index contributed by atoms with van der Waals surface area (Å²) in [6, 6.07) is 5.16. The lowest BCUT2D eigenvalue weighted by atomic mass is 9.90. The van der Waals surface area contributed by atoms with Crippen molar-refractivity contribution >= 4 is 16.9 Å². The quantitative estimate of drug-likeness (QED) is 0.767. The molecule has 1 atom stereocenters. The third-order valence-corrected chi connectivity index (χ3v) is 5.16. The van der Waals surface area contributed by atoms with E-state index < -0.39 is 6.10 Å². The summed E-state index contributed by atoms with van der Waals surface area (Å²) in [5.41, 5.74) is 1.08. The predicted octanol–water partition coefficient (Wildman–Crippen LogP) is 1.55. The van der Waals surface area contributed by atoms with Crippen LogP contribution in [-0.4, -0.2) is 51.1 Å². The summed E-state index contributed by atoms with van der Waals surface area (Å²) in [7, 11) is 0. The molecule has 1 amide bonds. The van der Waals surface area contributed by atoms with E-state index >= 15 is 0 Å². The molecule has 0 bridgehead atoms. The molecule has 2 heterocycles. The summed E-state index contributed by atoms with van der Waals surface area (Å²) in [6.45, 7) is 2.20. The van der Waals surface area contributed by atoms with Gasteiger partial charge in [-0.2, -0.15) is 0 Å². The van der Waals surface area contributed by atoms with Crippen molar-refractivity contribution in [2.24, 2.45) is 5.92 Å². The second-order valence-corrected chi connectivity index (χ2v) is 7.16. The van der Waals surface area contributed by atoms with E-state index in [4.69, 9.17) is 0 Å². The number of rotatable bonds is 5. The Labute approximate surface area is 145 Å². The van der Waals surface area contributed by atoms with E-state index in [1.54, 1.807) is 6.07 Å². The fraction of sp³-hybridized carbons (Fsp3) is 0.556. The van der Waals surface area contributed by atoms with Crippen LogP contribution in [0, 0.1) is 11.7 Å². The molecule has 1 aromatic carbocycles. The number of halogens is 1. The number of hydrogen-bond donors (Lipinski definition) is 3. The molecule has 1 aliphatic carbocycles. The molecule has 6 nitrogen and oxygen atoms in total. The Bertz CT molecular complexity index is 766. The Morgan fingerprint density at radius 2 is 2.12 bits per heavy atom. The molecule has 2 fully saturated rings. The molecule has 134 valence electrons. The highest BCUT2D eigenvalue weighted by atomic mass is 19.1. The molecule has 7 heteroatoms. The molecule has 4 rings (SSSR count). The smallest absolute Gasteiger partial charge is 0.249 e. The van der Waals surface area contributed by atoms with Gasteiger partial charge in [0.1, 0.15) is 17.4 Å². The number of carbonyl (C=O) groups excluding carboxylic acids is 1. The SMILES string of the molecule is O=C(NC1CC1)[C@@H](O)C1CCN(Cc2nc3c(F)cccc3[nH]2)CC1. The number of fused-ring (bicyclic) bond motifs is 1. The van der Waals surface area contributed by atoms with Crippen molar-refractivity contribution in [2.75, 3.05) is 13.1 Å². The number of aliphatic hydroxyl groups is 1. The van der Waals surface area contributed by atoms with Crippen molar-refractivity contribution in [3.8, 4) is 0 Å². The third-order valence-electron chi connectivity index (χ3n) is 5.16. The molecule has 2 aliphatic rings. The highest BCUT2D eigenvalue weighted by Crippen LogP contribution is 2.24. The van der Waals surface area contributed by atoms with Crippen LogP contribution in [-0.2, 0) is 11.3 Å². The highest BCUT2D eigenvalue weighted by molar-refractivity contribution is 5.81. The molecular formula is C18H23FN4O2. The summed E-state index contributed by atoms with van der Waals surface area (Å²) in [5.74, 6) is 0.200. The minimum absolute atomic E-state index is 0.00289. The zero-order valence-corrected chi connectivity index (χ0v) is 14.0. The number of hydrogen-bond acceptors (Lipinski definition) is 4. The van der Waals surface area contributed by atoms with Crippen molar-refractivity contribution in [3.05, 3.63) is 29.8 Å². The number of amides is 1. The van der Waals surface area contributed by atoms with Gasteiger partial charge in [0.15, 0.2) is 5.82 Å². The summed E-state index contributed by atoms with van der Waals surface area (Å²) >= 11 is 0. The molecule has 1 aliphatic heterocycles. The van der Waals surface area contributed by atoms with Gasteiger partial charge in [0.2, 0.25) is 5.91 Å². The van der Waals surface area contributed by atoms with Crippen molar-refractivity contribution in [1.82, 2.24) is 20.2 Å². The van der Waals surface area contributed by atoms with E-state index in [-0.39, 0.29) is 23.7 Å². The van der Waals surface area contributed by atoms with Gasteiger partial charge in [-0.05, 0) is 56.8 Å². The van der Waals surface area contributed by atoms with E-state index in [1.807, 2.05) is 6.07 Å². The van der Waals surface area contributed by atoms with E-state index in [0.717, 1.165) is 44.6 Å². The number of nitrogens with one attached hydrogen (secondary N) is 2. The van der Waals surface area contributed by atoms with Crippen molar-refractivity contribution < 1.29 is 14.3 Å². The lowest BCUT2D eigenvalue weighted by Gasteiger charge is -2.33. The van der Waals surface area contributed by atoms with Crippen LogP contribution >= 0.6 is 0 Å². The van der Waals surface area contributed by atoms with Crippen molar-refractivity contribution in [2.45, 2.75) is 44.4 Å². The number of carbonyl (C=O) groups is 1. The first-order valence-electron chi connectivity index (χ1n) is 8.94. The maximum Gasteiger partial charge on any atom is 0.249 e. The number of imidazole rings is 1. The zero-order valence-electron chi connectivity index (χ0n) is 14.0. The summed E-state index contributed by atoms with van der Waals surface area (Å²) in [6.07, 6.45) is 2.68. The third kappa shape index (κ3) is 3.67. The number of para-hydroxylation sites is 1. The predicted molar refractivity (Wildman–Crippen MR) is 91.2 cm³/mol. The van der Waals surface area contributed by atoms with E-state index in [0.29, 0.717) is 17.6 Å². The number of aliphatic hydroxyl groups excluding tert-OH is 1. The Hall–Kier alpha value is -1.99. The van der Waals surface area contributed by atoms with Gasteiger partial charge < -0.3 is 15.4 Å². The lowest BCUT2D eigenvalue weighted by Crippen LogP contribution is -2.45. The summed E-state index contributed by atoms with van der Waals surface area (Å²) in [4.78, 5) is 21.7. The van der Waals surface area contributed by atoms with Crippen LogP contribution in [0.25, 0.3) is 11.0 Å². The van der Waals surface area contributed by atoms with E-state index in [2.05, 4.69) is 20.2 Å². The first-order chi connectivity index (χ1) is 12.1. The van der Waals surface area contributed by atoms with Gasteiger partial charge in [0, 0.05) is 6.04 Å². The number of piperidine rings is 1. The summed E-state index contributed by atoms with van der Waals surface area (Å²) < 4.78 is 13.7. The lowest BCUT2D eigenvalue weighted by molar-refractivity contribution is -0.133. The number of aromatic amines is 1. The van der Waals surface area contributed by atoms with Crippen LogP contribution in [0.3, 0.4) is 0 Å². The average Bonchev–Trinajstić information content (AvgIpc) is 3.32. The van der Waals surface area contributed by atoms with Crippen LogP contribution < -0.4 is 5.32 Å². The standard InChI is InChI=1S/C18H23FN4O2/c19-13-2-1-3-14-16(13)22-15(21-14)10-23-8-6-11(7-9-23)17(24)18(25)20-12-4-5-12/h1-3,11-12,17,24H,4-10H2,(H,20,25)(H,21,22)/t17-/m0/s1. The van der Waals surface area contributed by atoms with Crippen LogP contribution in [0.2, 0.25) is 0 Å². The molecule has 0 spiro atoms. The van der Waals surface area contributed by atoms with Crippen molar-refractivity contribution in [3.63, 3.8) is 0 Å². The van der Waals surface area contributed by atoms with Gasteiger partial charge in [-0.25, -0.2) is 9.37 Å². The molecule has 1 saturated heterocycles. The van der Waals surface area contributed by atoms with Gasteiger partial charge in [-0.3, -0.25) is 9.69 Å². The first-order valence-corrected chi connectivity index (χ1v) is 8.94. The van der Waals surface area contributed by atoms with Crippen LogP contribution in [0.15, 0.2) is 18.2 Å². The Morgan fingerprint density at radius 3 is 2.80 bits per heavy atom. The van der Waals surface area contributed by atoms with Crippen LogP contribution in [0.1, 0.15) is 31.5 Å². The van der Waals surface area contributed by atoms with Gasteiger partial charge >= 0.3 is 0 Å². The van der Waals surface area contributed by atoms with E-state index in [1.165, 1.54) is 6.07 Å². The maximum absolute atomic E-state index is 13.7. The Kier molecular flexibility index (Phi) is 4.43. The Morgan fingerprint density at radius 1 is 1.36 bits per heavy atom. The molecule has 3 N–H and O–H groups in total. The molecule has 0 unspecified atom stereocenters. The molecular weight excluding hydrogens is 323 g/mol. The molecule has 0 radical (unpaired) electrons. The average molecular weight is 346 g/mol. The van der Waals surface area contributed by atoms with Gasteiger partial charge in [-0.1, -0.05) is 6.07 Å². The Balaban J connectivity index is 1.32. The minimum atomic E-state index is -0.914. The highest BCUT2D eigenvalue weighted by Gasteiger charge is 2.33. The normalized spacial score (nSPS) is 20.7. The maximum atomic E-state index is 13.7. The van der Waals surface area contributed by atoms with Gasteiger partial charge in [-0.15, -0.1) is 0 Å². The second-order valence-electron chi connectivity index (χ2n) is 7.16. The van der Waals surface area contributed by atoms with Crippen LogP contribution in [0.4, 0.5) is 4.39 Å². The monoisotopic (exact) mass is 346 g/mol. The molecule has 2 aromatic rings. The summed E-state index contributed by atoms with van der Waals surface area (Å²) in [5, 5.41) is 13.1. The topological polar surface area (TPSA) is 81.2 Å². The number of aromatic nitrogens is 2. The second kappa shape index (κ2) is 6.72. The molecule has 25 heavy (non-hydrogen) atoms. The fourth-order valence-electron chi connectivity index (χ4n) is 3.49. The minimum Gasteiger partial charge on any atom is -0.383 e. The zero-order chi connectivity index (χ0) is 17.4. The number of likely N-dealkylation sites (tertiary alicyclic amines) is 1. The van der Waals surface area contributed by atoms with E-state index in [9.17, 15) is 14.3 Å².